The SMILES string of the molecule is c1ccc(CN(Cc2ccccc2)n2cccn2)cc1. The standard InChI is InChI=1S/C17H17N3/c1-3-8-16(9-4-1)14-19(20-13-7-12-18-20)15-17-10-5-2-6-11-17/h1-13H,14-15H2. The summed E-state index contributed by atoms with van der Waals surface area (Å²) in [6.07, 6.45) is 3.79. The third-order valence-electron chi connectivity index (χ3n) is 3.20. The first kappa shape index (κ1) is 12.5. The van der Waals surface area contributed by atoms with Gasteiger partial charge in [-0.25, -0.2) is 0 Å². The molecule has 3 aromatic rings. The van der Waals surface area contributed by atoms with Crippen molar-refractivity contribution in [2.75, 3.05) is 5.01 Å². The van der Waals surface area contributed by atoms with Gasteiger partial charge < -0.3 is 0 Å². The maximum Gasteiger partial charge on any atom is 0.0614 e. The molecule has 3 heteroatoms. The molecule has 3 nitrogen and oxygen atoms in total. The van der Waals surface area contributed by atoms with Crippen molar-refractivity contribution >= 4 is 0 Å². The average molecular weight is 263 g/mol. The fourth-order valence-electron chi connectivity index (χ4n) is 2.22. The van der Waals surface area contributed by atoms with Gasteiger partial charge in [0.1, 0.15) is 0 Å². The van der Waals surface area contributed by atoms with Gasteiger partial charge in [-0.1, -0.05) is 60.7 Å². The van der Waals surface area contributed by atoms with E-state index >= 15 is 0 Å². The monoisotopic (exact) mass is 263 g/mol. The fraction of sp³-hybridized carbons (Fsp3) is 0.118. The summed E-state index contributed by atoms with van der Waals surface area (Å²) in [6, 6.07) is 22.9. The van der Waals surface area contributed by atoms with E-state index in [-0.39, 0.29) is 0 Å². The van der Waals surface area contributed by atoms with Crippen LogP contribution in [0.2, 0.25) is 0 Å². The lowest BCUT2D eigenvalue weighted by Gasteiger charge is -2.24. The molecule has 0 saturated carbocycles. The molecular weight excluding hydrogens is 246 g/mol. The van der Waals surface area contributed by atoms with Crippen molar-refractivity contribution in [1.29, 1.82) is 0 Å². The van der Waals surface area contributed by atoms with Gasteiger partial charge in [0, 0.05) is 6.20 Å². The highest BCUT2D eigenvalue weighted by Gasteiger charge is 2.07. The second-order valence-corrected chi connectivity index (χ2v) is 4.72. The molecule has 100 valence electrons. The number of rotatable bonds is 5. The van der Waals surface area contributed by atoms with E-state index in [2.05, 4.69) is 58.6 Å². The summed E-state index contributed by atoms with van der Waals surface area (Å²) in [7, 11) is 0. The van der Waals surface area contributed by atoms with Crippen LogP contribution in [0.25, 0.3) is 0 Å². The molecule has 0 bridgehead atoms. The molecule has 0 atom stereocenters. The molecule has 1 heterocycles. The zero-order chi connectivity index (χ0) is 13.6. The molecule has 3 rings (SSSR count). The van der Waals surface area contributed by atoms with Crippen LogP contribution in [0, 0.1) is 0 Å². The summed E-state index contributed by atoms with van der Waals surface area (Å²) in [6.45, 7) is 1.66. The van der Waals surface area contributed by atoms with Crippen molar-refractivity contribution in [1.82, 2.24) is 9.89 Å². The molecule has 20 heavy (non-hydrogen) atoms. The van der Waals surface area contributed by atoms with E-state index < -0.39 is 0 Å². The first-order valence-corrected chi connectivity index (χ1v) is 6.74. The number of hydrogen-bond acceptors (Lipinski definition) is 2. The molecule has 0 unspecified atom stereocenters. The Hall–Kier alpha value is -2.55. The highest BCUT2D eigenvalue weighted by atomic mass is 15.6. The van der Waals surface area contributed by atoms with Crippen LogP contribution in [0.15, 0.2) is 79.1 Å². The van der Waals surface area contributed by atoms with E-state index in [4.69, 9.17) is 0 Å². The molecule has 0 aliphatic rings. The smallest absolute Gasteiger partial charge is 0.0614 e. The van der Waals surface area contributed by atoms with Gasteiger partial charge in [0.2, 0.25) is 0 Å². The van der Waals surface area contributed by atoms with Crippen molar-refractivity contribution in [3.8, 4) is 0 Å². The maximum atomic E-state index is 4.35. The highest BCUT2D eigenvalue weighted by Crippen LogP contribution is 2.08. The molecule has 2 aromatic carbocycles. The molecule has 0 spiro atoms. The van der Waals surface area contributed by atoms with Crippen molar-refractivity contribution in [2.45, 2.75) is 13.1 Å². The highest BCUT2D eigenvalue weighted by molar-refractivity contribution is 5.20. The third-order valence-corrected chi connectivity index (χ3v) is 3.20. The van der Waals surface area contributed by atoms with Gasteiger partial charge in [0.05, 0.1) is 19.3 Å². The van der Waals surface area contributed by atoms with Crippen molar-refractivity contribution in [3.05, 3.63) is 90.3 Å². The van der Waals surface area contributed by atoms with Crippen LogP contribution in [-0.4, -0.2) is 9.89 Å². The van der Waals surface area contributed by atoms with Gasteiger partial charge in [-0.3, -0.25) is 5.01 Å². The minimum Gasteiger partial charge on any atom is -0.288 e. The molecule has 0 amide bonds. The number of hydrogen-bond donors (Lipinski definition) is 0. The van der Waals surface area contributed by atoms with E-state index in [0.29, 0.717) is 0 Å². The van der Waals surface area contributed by atoms with Gasteiger partial charge in [0.25, 0.3) is 0 Å². The van der Waals surface area contributed by atoms with E-state index in [1.54, 1.807) is 0 Å². The molecule has 0 fully saturated rings. The van der Waals surface area contributed by atoms with Crippen LogP contribution in [-0.2, 0) is 13.1 Å². The normalized spacial score (nSPS) is 10.4. The quantitative estimate of drug-likeness (QED) is 0.704. The molecule has 0 aliphatic heterocycles. The Balaban J connectivity index is 1.81. The Morgan fingerprint density at radius 1 is 0.750 bits per heavy atom. The number of aromatic nitrogens is 2. The fourth-order valence-corrected chi connectivity index (χ4v) is 2.22. The van der Waals surface area contributed by atoms with E-state index in [9.17, 15) is 0 Å². The molecule has 0 aliphatic carbocycles. The summed E-state index contributed by atoms with van der Waals surface area (Å²) >= 11 is 0. The third kappa shape index (κ3) is 3.06. The summed E-state index contributed by atoms with van der Waals surface area (Å²) in [5.74, 6) is 0. The minimum atomic E-state index is 0.831. The Bertz CT molecular complexity index is 576. The Kier molecular flexibility index (Phi) is 3.78. The lowest BCUT2D eigenvalue weighted by molar-refractivity contribution is 0.521. The number of nitrogens with zero attached hydrogens (tertiary/aromatic N) is 3. The molecule has 0 radical (unpaired) electrons. The predicted octanol–water partition coefficient (Wildman–Crippen LogP) is 3.22. The summed E-state index contributed by atoms with van der Waals surface area (Å²) < 4.78 is 0. The average Bonchev–Trinajstić information content (AvgIpc) is 3.03. The molecule has 0 N–H and O–H groups in total. The van der Waals surface area contributed by atoms with Crippen LogP contribution in [0.4, 0.5) is 0 Å². The van der Waals surface area contributed by atoms with Crippen molar-refractivity contribution in [3.63, 3.8) is 0 Å². The molecule has 0 saturated heterocycles. The zero-order valence-corrected chi connectivity index (χ0v) is 11.3. The van der Waals surface area contributed by atoms with Gasteiger partial charge >= 0.3 is 0 Å². The van der Waals surface area contributed by atoms with Crippen LogP contribution >= 0.6 is 0 Å². The van der Waals surface area contributed by atoms with Gasteiger partial charge in [0.15, 0.2) is 0 Å². The molecule has 1 aromatic heterocycles. The van der Waals surface area contributed by atoms with E-state index in [1.807, 2.05) is 35.4 Å². The molecular formula is C17H17N3. The first-order valence-electron chi connectivity index (χ1n) is 6.74. The predicted molar refractivity (Wildman–Crippen MR) is 80.7 cm³/mol. The maximum absolute atomic E-state index is 4.35. The van der Waals surface area contributed by atoms with Crippen LogP contribution in [0.5, 0.6) is 0 Å². The van der Waals surface area contributed by atoms with Crippen LogP contribution < -0.4 is 5.01 Å². The van der Waals surface area contributed by atoms with Gasteiger partial charge in [-0.15, -0.1) is 0 Å². The minimum absolute atomic E-state index is 0.831. The largest absolute Gasteiger partial charge is 0.288 e. The lowest BCUT2D eigenvalue weighted by Crippen LogP contribution is -2.33. The van der Waals surface area contributed by atoms with Gasteiger partial charge in [-0.05, 0) is 17.2 Å². The summed E-state index contributed by atoms with van der Waals surface area (Å²) in [4.78, 5) is 1.90. The van der Waals surface area contributed by atoms with Crippen LogP contribution in [0.3, 0.4) is 0 Å². The van der Waals surface area contributed by atoms with Gasteiger partial charge in [-0.2, -0.15) is 9.89 Å². The Morgan fingerprint density at radius 3 is 1.75 bits per heavy atom. The topological polar surface area (TPSA) is 21.1 Å². The van der Waals surface area contributed by atoms with Crippen LogP contribution in [0.1, 0.15) is 11.1 Å². The Morgan fingerprint density at radius 2 is 1.30 bits per heavy atom. The van der Waals surface area contributed by atoms with Crippen molar-refractivity contribution in [2.24, 2.45) is 0 Å². The lowest BCUT2D eigenvalue weighted by atomic mass is 10.2. The summed E-state index contributed by atoms with van der Waals surface area (Å²) in [5.41, 5.74) is 2.55. The second kappa shape index (κ2) is 6.06. The van der Waals surface area contributed by atoms with E-state index in [1.165, 1.54) is 11.1 Å². The number of benzene rings is 2. The second-order valence-electron chi connectivity index (χ2n) is 4.72. The first-order chi connectivity index (χ1) is 9.92. The zero-order valence-electron chi connectivity index (χ0n) is 11.3. The summed E-state index contributed by atoms with van der Waals surface area (Å²) in [5, 5.41) is 6.56. The van der Waals surface area contributed by atoms with E-state index in [0.717, 1.165) is 13.1 Å². The van der Waals surface area contributed by atoms with Crippen molar-refractivity contribution < 1.29 is 0 Å². The Labute approximate surface area is 119 Å².